The van der Waals surface area contributed by atoms with Crippen molar-refractivity contribution < 1.29 is 5.11 Å². The molecule has 1 aliphatic rings. The van der Waals surface area contributed by atoms with Crippen molar-refractivity contribution in [1.82, 2.24) is 5.32 Å². The standard InChI is InChI=1S/C13H18ClNO/c14-12-6-2-1-5-11(12)9-15-10-13(16)7-3-4-8-13/h1-2,5-6,15-16H,3-4,7-10H2. The second kappa shape index (κ2) is 5.17. The van der Waals surface area contributed by atoms with E-state index >= 15 is 0 Å². The first-order valence-electron chi connectivity index (χ1n) is 5.86. The highest BCUT2D eigenvalue weighted by atomic mass is 35.5. The minimum absolute atomic E-state index is 0.485. The molecule has 1 fully saturated rings. The van der Waals surface area contributed by atoms with Gasteiger partial charge in [0, 0.05) is 18.1 Å². The molecule has 1 aromatic rings. The van der Waals surface area contributed by atoms with E-state index in [1.54, 1.807) is 0 Å². The molecule has 1 aromatic carbocycles. The highest BCUT2D eigenvalue weighted by Gasteiger charge is 2.30. The maximum atomic E-state index is 10.1. The molecule has 2 N–H and O–H groups in total. The van der Waals surface area contributed by atoms with E-state index in [9.17, 15) is 5.11 Å². The summed E-state index contributed by atoms with van der Waals surface area (Å²) in [4.78, 5) is 0. The van der Waals surface area contributed by atoms with Crippen LogP contribution in [0.2, 0.25) is 5.02 Å². The number of halogens is 1. The van der Waals surface area contributed by atoms with Crippen LogP contribution in [0.3, 0.4) is 0 Å². The van der Waals surface area contributed by atoms with Crippen LogP contribution in [0.25, 0.3) is 0 Å². The maximum Gasteiger partial charge on any atom is 0.0771 e. The molecule has 16 heavy (non-hydrogen) atoms. The molecular formula is C13H18ClNO. The Bertz CT molecular complexity index is 348. The lowest BCUT2D eigenvalue weighted by Gasteiger charge is -2.22. The van der Waals surface area contributed by atoms with Crippen molar-refractivity contribution in [3.63, 3.8) is 0 Å². The number of rotatable bonds is 4. The number of aliphatic hydroxyl groups is 1. The summed E-state index contributed by atoms with van der Waals surface area (Å²) in [5, 5.41) is 14.2. The smallest absolute Gasteiger partial charge is 0.0771 e. The van der Waals surface area contributed by atoms with Crippen molar-refractivity contribution in [2.24, 2.45) is 0 Å². The minimum atomic E-state index is -0.485. The Labute approximate surface area is 102 Å². The highest BCUT2D eigenvalue weighted by molar-refractivity contribution is 6.31. The van der Waals surface area contributed by atoms with Crippen molar-refractivity contribution in [2.75, 3.05) is 6.54 Å². The lowest BCUT2D eigenvalue weighted by molar-refractivity contribution is 0.0475. The number of hydrogen-bond donors (Lipinski definition) is 2. The van der Waals surface area contributed by atoms with Crippen molar-refractivity contribution >= 4 is 11.6 Å². The topological polar surface area (TPSA) is 32.3 Å². The number of benzene rings is 1. The van der Waals surface area contributed by atoms with Crippen LogP contribution in [-0.2, 0) is 6.54 Å². The molecule has 88 valence electrons. The molecule has 2 rings (SSSR count). The molecule has 0 aromatic heterocycles. The lowest BCUT2D eigenvalue weighted by Crippen LogP contribution is -2.37. The van der Waals surface area contributed by atoms with Gasteiger partial charge in [-0.3, -0.25) is 0 Å². The molecule has 1 saturated carbocycles. The Kier molecular flexibility index (Phi) is 3.85. The number of nitrogens with one attached hydrogen (secondary N) is 1. The van der Waals surface area contributed by atoms with Crippen LogP contribution >= 0.6 is 11.6 Å². The maximum absolute atomic E-state index is 10.1. The molecule has 3 heteroatoms. The second-order valence-electron chi connectivity index (χ2n) is 4.63. The van der Waals surface area contributed by atoms with Crippen molar-refractivity contribution in [1.29, 1.82) is 0 Å². The first-order valence-corrected chi connectivity index (χ1v) is 6.24. The molecule has 0 amide bonds. The quantitative estimate of drug-likeness (QED) is 0.847. The average molecular weight is 240 g/mol. The van der Waals surface area contributed by atoms with Gasteiger partial charge in [0.1, 0.15) is 0 Å². The van der Waals surface area contributed by atoms with Crippen LogP contribution in [0.1, 0.15) is 31.2 Å². The third kappa shape index (κ3) is 2.97. The van der Waals surface area contributed by atoms with Gasteiger partial charge in [0.25, 0.3) is 0 Å². The van der Waals surface area contributed by atoms with Gasteiger partial charge in [-0.2, -0.15) is 0 Å². The van der Waals surface area contributed by atoms with E-state index in [4.69, 9.17) is 11.6 Å². The Balaban J connectivity index is 1.82. The molecule has 0 aliphatic heterocycles. The van der Waals surface area contributed by atoms with Crippen LogP contribution in [0, 0.1) is 0 Å². The highest BCUT2D eigenvalue weighted by Crippen LogP contribution is 2.28. The SMILES string of the molecule is OC1(CNCc2ccccc2Cl)CCCC1. The van der Waals surface area contributed by atoms with E-state index in [1.165, 1.54) is 0 Å². The second-order valence-corrected chi connectivity index (χ2v) is 5.03. The summed E-state index contributed by atoms with van der Waals surface area (Å²) in [6.07, 6.45) is 4.12. The molecule has 0 heterocycles. The normalized spacial score (nSPS) is 18.9. The predicted molar refractivity (Wildman–Crippen MR) is 66.6 cm³/mol. The fraction of sp³-hybridized carbons (Fsp3) is 0.538. The van der Waals surface area contributed by atoms with Gasteiger partial charge in [-0.25, -0.2) is 0 Å². The molecule has 0 bridgehead atoms. The van der Waals surface area contributed by atoms with Crippen molar-refractivity contribution in [3.05, 3.63) is 34.9 Å². The summed E-state index contributed by atoms with van der Waals surface area (Å²) in [5.41, 5.74) is 0.604. The van der Waals surface area contributed by atoms with Crippen molar-refractivity contribution in [2.45, 2.75) is 37.8 Å². The van der Waals surface area contributed by atoms with Crippen molar-refractivity contribution in [3.8, 4) is 0 Å². The van der Waals surface area contributed by atoms with Crippen LogP contribution in [0.5, 0.6) is 0 Å². The van der Waals surface area contributed by atoms with E-state index in [1.807, 2.05) is 24.3 Å². The third-order valence-electron chi connectivity index (χ3n) is 3.26. The Hall–Kier alpha value is -0.570. The molecular weight excluding hydrogens is 222 g/mol. The fourth-order valence-electron chi connectivity index (χ4n) is 2.28. The van der Waals surface area contributed by atoms with Gasteiger partial charge in [-0.1, -0.05) is 42.6 Å². The third-order valence-corrected chi connectivity index (χ3v) is 3.63. The van der Waals surface area contributed by atoms with Gasteiger partial charge in [0.2, 0.25) is 0 Å². The molecule has 0 spiro atoms. The first kappa shape index (κ1) is 11.9. The Morgan fingerprint density at radius 3 is 2.62 bits per heavy atom. The summed E-state index contributed by atoms with van der Waals surface area (Å²) in [5.74, 6) is 0. The van der Waals surface area contributed by atoms with Gasteiger partial charge in [-0.15, -0.1) is 0 Å². The molecule has 0 unspecified atom stereocenters. The lowest BCUT2D eigenvalue weighted by atomic mass is 10.0. The molecule has 0 atom stereocenters. The van der Waals surface area contributed by atoms with Crippen LogP contribution in [0.4, 0.5) is 0 Å². The number of hydrogen-bond acceptors (Lipinski definition) is 2. The largest absolute Gasteiger partial charge is 0.389 e. The van der Waals surface area contributed by atoms with E-state index in [0.29, 0.717) is 6.54 Å². The summed E-state index contributed by atoms with van der Waals surface area (Å²) in [7, 11) is 0. The molecule has 1 aliphatic carbocycles. The van der Waals surface area contributed by atoms with Gasteiger partial charge in [-0.05, 0) is 24.5 Å². The zero-order valence-corrected chi connectivity index (χ0v) is 10.1. The van der Waals surface area contributed by atoms with E-state index in [0.717, 1.165) is 42.8 Å². The van der Waals surface area contributed by atoms with Gasteiger partial charge in [0.05, 0.1) is 5.60 Å². The summed E-state index contributed by atoms with van der Waals surface area (Å²) in [6.45, 7) is 1.39. The predicted octanol–water partition coefficient (Wildman–Crippen LogP) is 2.73. The fourth-order valence-corrected chi connectivity index (χ4v) is 2.48. The molecule has 0 saturated heterocycles. The van der Waals surface area contributed by atoms with Crippen LogP contribution in [0.15, 0.2) is 24.3 Å². The van der Waals surface area contributed by atoms with Gasteiger partial charge >= 0.3 is 0 Å². The summed E-state index contributed by atoms with van der Waals surface area (Å²) < 4.78 is 0. The van der Waals surface area contributed by atoms with Gasteiger partial charge in [0.15, 0.2) is 0 Å². The Morgan fingerprint density at radius 1 is 1.25 bits per heavy atom. The first-order chi connectivity index (χ1) is 7.70. The van der Waals surface area contributed by atoms with E-state index in [2.05, 4.69) is 5.32 Å². The molecule has 2 nitrogen and oxygen atoms in total. The van der Waals surface area contributed by atoms with E-state index < -0.39 is 5.60 Å². The van der Waals surface area contributed by atoms with E-state index in [-0.39, 0.29) is 0 Å². The molecule has 0 radical (unpaired) electrons. The van der Waals surface area contributed by atoms with Gasteiger partial charge < -0.3 is 10.4 Å². The Morgan fingerprint density at radius 2 is 1.94 bits per heavy atom. The average Bonchev–Trinajstić information content (AvgIpc) is 2.68. The van der Waals surface area contributed by atoms with Crippen LogP contribution < -0.4 is 5.32 Å². The zero-order chi connectivity index (χ0) is 11.4. The zero-order valence-electron chi connectivity index (χ0n) is 9.38. The summed E-state index contributed by atoms with van der Waals surface area (Å²) in [6, 6.07) is 7.81. The summed E-state index contributed by atoms with van der Waals surface area (Å²) >= 11 is 6.05. The van der Waals surface area contributed by atoms with Crippen LogP contribution in [-0.4, -0.2) is 17.3 Å². The monoisotopic (exact) mass is 239 g/mol. The minimum Gasteiger partial charge on any atom is -0.389 e.